The van der Waals surface area contributed by atoms with Crippen LogP contribution < -0.4 is 25.0 Å². The summed E-state index contributed by atoms with van der Waals surface area (Å²) in [5, 5.41) is 7.14. The van der Waals surface area contributed by atoms with E-state index >= 15 is 0 Å². The van der Waals surface area contributed by atoms with Crippen molar-refractivity contribution in [3.05, 3.63) is 72.6 Å². The van der Waals surface area contributed by atoms with E-state index in [2.05, 4.69) is 43.5 Å². The molecule has 3 aromatic carbocycles. The van der Waals surface area contributed by atoms with Gasteiger partial charge in [0.1, 0.15) is 23.6 Å². The molecule has 4 aromatic rings. The lowest BCUT2D eigenvalue weighted by atomic mass is 10.1. The van der Waals surface area contributed by atoms with Gasteiger partial charge in [0, 0.05) is 66.7 Å². The third-order valence-corrected chi connectivity index (χ3v) is 6.50. The fourth-order valence-electron chi connectivity index (χ4n) is 4.41. The number of fused-ring (bicyclic) bond motifs is 1. The van der Waals surface area contributed by atoms with Crippen molar-refractivity contribution < 1.29 is 14.3 Å². The molecule has 1 amide bonds. The van der Waals surface area contributed by atoms with E-state index in [1.165, 1.54) is 6.33 Å². The molecule has 0 bridgehead atoms. The van der Waals surface area contributed by atoms with E-state index in [4.69, 9.17) is 9.47 Å². The average molecular weight is 499 g/mol. The molecular formula is C28H30N6O3. The number of nitrogens with one attached hydrogen (secondary N) is 2. The van der Waals surface area contributed by atoms with Crippen molar-refractivity contribution in [1.82, 2.24) is 14.9 Å². The molecule has 2 heterocycles. The molecule has 1 fully saturated rings. The monoisotopic (exact) mass is 498 g/mol. The van der Waals surface area contributed by atoms with E-state index in [1.54, 1.807) is 20.3 Å². The van der Waals surface area contributed by atoms with Crippen LogP contribution in [-0.2, 0) is 0 Å². The third-order valence-electron chi connectivity index (χ3n) is 6.50. The lowest BCUT2D eigenvalue weighted by molar-refractivity contribution is 0.102. The van der Waals surface area contributed by atoms with Gasteiger partial charge in [-0.05, 0) is 37.4 Å². The number of benzene rings is 3. The number of hydrogen-bond donors (Lipinski definition) is 2. The summed E-state index contributed by atoms with van der Waals surface area (Å²) in [5.74, 6) is 1.74. The van der Waals surface area contributed by atoms with Crippen molar-refractivity contribution in [2.24, 2.45) is 0 Å². The molecule has 37 heavy (non-hydrogen) atoms. The first-order chi connectivity index (χ1) is 18.0. The van der Waals surface area contributed by atoms with Crippen LogP contribution in [0.5, 0.6) is 11.5 Å². The number of carbonyl (C=O) groups excluding carboxylic acids is 1. The fourth-order valence-corrected chi connectivity index (χ4v) is 4.41. The van der Waals surface area contributed by atoms with E-state index in [9.17, 15) is 4.79 Å². The van der Waals surface area contributed by atoms with Gasteiger partial charge in [-0.2, -0.15) is 0 Å². The maximum Gasteiger partial charge on any atom is 0.255 e. The van der Waals surface area contributed by atoms with Gasteiger partial charge < -0.3 is 29.9 Å². The standard InChI is InChI=1S/C28H30N6O3/c1-33-10-12-34(13-11-33)21-7-4-6-19(14-21)28(35)32-25-9-5-8-24-26(25)29-18-30-27(24)31-20-15-22(36-2)17-23(16-20)37-3/h4-9,14-18H,10-13H2,1-3H3,(H,32,35)(H,29,30,31). The number of likely N-dealkylation sites (N-methyl/N-ethyl adjacent to an activating group) is 1. The Morgan fingerprint density at radius 1 is 0.892 bits per heavy atom. The van der Waals surface area contributed by atoms with Gasteiger partial charge in [0.15, 0.2) is 0 Å². The first-order valence-corrected chi connectivity index (χ1v) is 12.1. The Kier molecular flexibility index (Phi) is 7.04. The minimum Gasteiger partial charge on any atom is -0.497 e. The van der Waals surface area contributed by atoms with Gasteiger partial charge >= 0.3 is 0 Å². The zero-order chi connectivity index (χ0) is 25.8. The number of aromatic nitrogens is 2. The number of hydrogen-bond acceptors (Lipinski definition) is 8. The van der Waals surface area contributed by atoms with E-state index in [1.807, 2.05) is 48.5 Å². The lowest BCUT2D eigenvalue weighted by Gasteiger charge is -2.34. The van der Waals surface area contributed by atoms with Crippen LogP contribution in [0.2, 0.25) is 0 Å². The molecular weight excluding hydrogens is 468 g/mol. The molecule has 0 aliphatic carbocycles. The highest BCUT2D eigenvalue weighted by atomic mass is 16.5. The quantitative estimate of drug-likeness (QED) is 0.388. The molecule has 1 aliphatic rings. The van der Waals surface area contributed by atoms with E-state index in [0.29, 0.717) is 34.1 Å². The van der Waals surface area contributed by atoms with Crippen LogP contribution in [0.1, 0.15) is 10.4 Å². The fraction of sp³-hybridized carbons (Fsp3) is 0.250. The maximum atomic E-state index is 13.2. The molecule has 0 saturated carbocycles. The molecule has 0 atom stereocenters. The molecule has 2 N–H and O–H groups in total. The van der Waals surface area contributed by atoms with Crippen molar-refractivity contribution in [1.29, 1.82) is 0 Å². The zero-order valence-electron chi connectivity index (χ0n) is 21.2. The topological polar surface area (TPSA) is 91.8 Å². The second-order valence-electron chi connectivity index (χ2n) is 8.95. The van der Waals surface area contributed by atoms with Gasteiger partial charge in [-0.1, -0.05) is 12.1 Å². The molecule has 0 unspecified atom stereocenters. The highest BCUT2D eigenvalue weighted by Crippen LogP contribution is 2.31. The predicted octanol–water partition coefficient (Wildman–Crippen LogP) is 4.39. The van der Waals surface area contributed by atoms with Crippen LogP contribution in [0.15, 0.2) is 67.0 Å². The SMILES string of the molecule is COc1cc(Nc2ncnc3c(NC(=O)c4cccc(N5CCN(C)CC5)c4)cccc23)cc(OC)c1. The highest BCUT2D eigenvalue weighted by molar-refractivity contribution is 6.10. The third kappa shape index (κ3) is 5.41. The summed E-state index contributed by atoms with van der Waals surface area (Å²) >= 11 is 0. The maximum absolute atomic E-state index is 13.2. The molecule has 0 spiro atoms. The average Bonchev–Trinajstić information content (AvgIpc) is 2.93. The van der Waals surface area contributed by atoms with Crippen molar-refractivity contribution >= 4 is 39.7 Å². The Morgan fingerprint density at radius 3 is 2.35 bits per heavy atom. The van der Waals surface area contributed by atoms with Crippen molar-refractivity contribution in [2.45, 2.75) is 0 Å². The van der Waals surface area contributed by atoms with Crippen LogP contribution >= 0.6 is 0 Å². The van der Waals surface area contributed by atoms with Gasteiger partial charge in [0.2, 0.25) is 0 Å². The number of ether oxygens (including phenoxy) is 2. The summed E-state index contributed by atoms with van der Waals surface area (Å²) in [6.07, 6.45) is 1.48. The highest BCUT2D eigenvalue weighted by Gasteiger charge is 2.17. The number of carbonyl (C=O) groups is 1. The smallest absolute Gasteiger partial charge is 0.255 e. The van der Waals surface area contributed by atoms with Gasteiger partial charge in [-0.3, -0.25) is 4.79 Å². The number of nitrogens with zero attached hydrogens (tertiary/aromatic N) is 4. The number of anilines is 4. The van der Waals surface area contributed by atoms with E-state index < -0.39 is 0 Å². The molecule has 9 heteroatoms. The first-order valence-electron chi connectivity index (χ1n) is 12.1. The summed E-state index contributed by atoms with van der Waals surface area (Å²) in [7, 11) is 5.34. The number of rotatable bonds is 7. The van der Waals surface area contributed by atoms with Crippen LogP contribution in [-0.4, -0.2) is 68.2 Å². The van der Waals surface area contributed by atoms with Gasteiger partial charge in [-0.15, -0.1) is 0 Å². The van der Waals surface area contributed by atoms with Crippen molar-refractivity contribution in [2.75, 3.05) is 63.0 Å². The second kappa shape index (κ2) is 10.7. The summed E-state index contributed by atoms with van der Waals surface area (Å²) in [5.41, 5.74) is 3.66. The van der Waals surface area contributed by atoms with E-state index in [-0.39, 0.29) is 5.91 Å². The molecule has 190 valence electrons. The number of methoxy groups -OCH3 is 2. The van der Waals surface area contributed by atoms with Gasteiger partial charge in [0.05, 0.1) is 25.4 Å². The Morgan fingerprint density at radius 2 is 1.62 bits per heavy atom. The first kappa shape index (κ1) is 24.3. The number of amides is 1. The van der Waals surface area contributed by atoms with Crippen LogP contribution in [0.3, 0.4) is 0 Å². The minimum atomic E-state index is -0.186. The molecule has 1 aromatic heterocycles. The lowest BCUT2D eigenvalue weighted by Crippen LogP contribution is -2.44. The van der Waals surface area contributed by atoms with Crippen LogP contribution in [0, 0.1) is 0 Å². The normalized spacial score (nSPS) is 13.9. The Hall–Kier alpha value is -4.37. The van der Waals surface area contributed by atoms with Crippen LogP contribution in [0.25, 0.3) is 10.9 Å². The number of para-hydroxylation sites is 1. The minimum absolute atomic E-state index is 0.186. The Labute approximate surface area is 216 Å². The largest absolute Gasteiger partial charge is 0.497 e. The number of piperazine rings is 1. The Bertz CT molecular complexity index is 1400. The summed E-state index contributed by atoms with van der Waals surface area (Å²) in [6.45, 7) is 3.89. The van der Waals surface area contributed by atoms with E-state index in [0.717, 1.165) is 42.9 Å². The van der Waals surface area contributed by atoms with Gasteiger partial charge in [-0.25, -0.2) is 9.97 Å². The Balaban J connectivity index is 1.39. The summed E-state index contributed by atoms with van der Waals surface area (Å²) in [6, 6.07) is 18.9. The van der Waals surface area contributed by atoms with Crippen molar-refractivity contribution in [3.8, 4) is 11.5 Å². The molecule has 1 saturated heterocycles. The van der Waals surface area contributed by atoms with Crippen molar-refractivity contribution in [3.63, 3.8) is 0 Å². The second-order valence-corrected chi connectivity index (χ2v) is 8.95. The molecule has 5 rings (SSSR count). The molecule has 9 nitrogen and oxygen atoms in total. The molecule has 1 aliphatic heterocycles. The zero-order valence-corrected chi connectivity index (χ0v) is 21.2. The predicted molar refractivity (Wildman–Crippen MR) is 146 cm³/mol. The summed E-state index contributed by atoms with van der Waals surface area (Å²) in [4.78, 5) is 26.8. The van der Waals surface area contributed by atoms with Crippen LogP contribution in [0.4, 0.5) is 22.9 Å². The van der Waals surface area contributed by atoms with Gasteiger partial charge in [0.25, 0.3) is 5.91 Å². The molecule has 0 radical (unpaired) electrons. The summed E-state index contributed by atoms with van der Waals surface area (Å²) < 4.78 is 10.7.